The molecule has 0 aliphatic rings. The average molecular weight is 229 g/mol. The van der Waals surface area contributed by atoms with Gasteiger partial charge in [-0.25, -0.2) is 0 Å². The average Bonchev–Trinajstić information content (AvgIpc) is 2.30. The summed E-state index contributed by atoms with van der Waals surface area (Å²) in [5, 5.41) is 3.64. The van der Waals surface area contributed by atoms with Crippen LogP contribution in [0.15, 0.2) is 0 Å². The maximum atomic E-state index is 5.34. The lowest BCUT2D eigenvalue weighted by molar-refractivity contribution is 0.142. The Morgan fingerprint density at radius 2 is 1.75 bits per heavy atom. The fourth-order valence-corrected chi connectivity index (χ4v) is 1.96. The standard InChI is InChI=1S/C14H31NO/c1-4-10-14(15-12-5-2)11-8-7-9-13-16-6-3/h14-15H,4-13H2,1-3H3. The molecular formula is C14H31NO. The molecule has 0 spiro atoms. The molecule has 16 heavy (non-hydrogen) atoms. The SMILES string of the molecule is CCCNC(CCC)CCCCCOCC. The van der Waals surface area contributed by atoms with Gasteiger partial charge in [-0.1, -0.05) is 33.1 Å². The van der Waals surface area contributed by atoms with Crippen LogP contribution in [-0.4, -0.2) is 25.8 Å². The van der Waals surface area contributed by atoms with E-state index >= 15 is 0 Å². The lowest BCUT2D eigenvalue weighted by atomic mass is 10.0. The van der Waals surface area contributed by atoms with Gasteiger partial charge in [0.05, 0.1) is 0 Å². The van der Waals surface area contributed by atoms with E-state index in [1.807, 2.05) is 0 Å². The van der Waals surface area contributed by atoms with Crippen LogP contribution >= 0.6 is 0 Å². The van der Waals surface area contributed by atoms with E-state index in [1.165, 1.54) is 51.5 Å². The molecule has 0 aliphatic heterocycles. The van der Waals surface area contributed by atoms with Crippen molar-refractivity contribution in [2.45, 2.75) is 71.8 Å². The van der Waals surface area contributed by atoms with Crippen LogP contribution in [0.4, 0.5) is 0 Å². The minimum Gasteiger partial charge on any atom is -0.382 e. The van der Waals surface area contributed by atoms with Gasteiger partial charge in [0.25, 0.3) is 0 Å². The summed E-state index contributed by atoms with van der Waals surface area (Å²) in [4.78, 5) is 0. The second-order valence-corrected chi connectivity index (χ2v) is 4.49. The van der Waals surface area contributed by atoms with E-state index in [1.54, 1.807) is 0 Å². The van der Waals surface area contributed by atoms with Crippen LogP contribution in [0.25, 0.3) is 0 Å². The molecule has 1 N–H and O–H groups in total. The van der Waals surface area contributed by atoms with Gasteiger partial charge < -0.3 is 10.1 Å². The maximum absolute atomic E-state index is 5.34. The second kappa shape index (κ2) is 13.0. The van der Waals surface area contributed by atoms with Gasteiger partial charge in [-0.3, -0.25) is 0 Å². The van der Waals surface area contributed by atoms with Crippen molar-refractivity contribution in [3.63, 3.8) is 0 Å². The summed E-state index contributed by atoms with van der Waals surface area (Å²) in [5.74, 6) is 0. The molecule has 2 heteroatoms. The molecule has 0 radical (unpaired) electrons. The first-order chi connectivity index (χ1) is 7.85. The first kappa shape index (κ1) is 15.9. The second-order valence-electron chi connectivity index (χ2n) is 4.49. The summed E-state index contributed by atoms with van der Waals surface area (Å²) < 4.78 is 5.34. The van der Waals surface area contributed by atoms with Gasteiger partial charge in [-0.15, -0.1) is 0 Å². The Morgan fingerprint density at radius 1 is 0.938 bits per heavy atom. The van der Waals surface area contributed by atoms with Gasteiger partial charge in [-0.2, -0.15) is 0 Å². The van der Waals surface area contributed by atoms with Crippen LogP contribution in [0.5, 0.6) is 0 Å². The van der Waals surface area contributed by atoms with Gasteiger partial charge in [0.2, 0.25) is 0 Å². The Bertz CT molecular complexity index is 128. The van der Waals surface area contributed by atoms with Crippen molar-refractivity contribution in [1.82, 2.24) is 5.32 Å². The van der Waals surface area contributed by atoms with Crippen LogP contribution in [0.3, 0.4) is 0 Å². The van der Waals surface area contributed by atoms with Crippen molar-refractivity contribution in [2.75, 3.05) is 19.8 Å². The van der Waals surface area contributed by atoms with E-state index in [0.717, 1.165) is 19.3 Å². The fraction of sp³-hybridized carbons (Fsp3) is 1.00. The van der Waals surface area contributed by atoms with E-state index in [9.17, 15) is 0 Å². The Kier molecular flexibility index (Phi) is 12.9. The molecule has 0 aliphatic carbocycles. The lowest BCUT2D eigenvalue weighted by Gasteiger charge is -2.17. The molecule has 1 unspecified atom stereocenters. The summed E-state index contributed by atoms with van der Waals surface area (Å²) in [5.41, 5.74) is 0. The van der Waals surface area contributed by atoms with Crippen molar-refractivity contribution < 1.29 is 4.74 Å². The summed E-state index contributed by atoms with van der Waals surface area (Å²) in [6.07, 6.45) is 9.07. The van der Waals surface area contributed by atoms with Crippen molar-refractivity contribution in [3.8, 4) is 0 Å². The number of hydrogen-bond donors (Lipinski definition) is 1. The van der Waals surface area contributed by atoms with E-state index in [0.29, 0.717) is 0 Å². The summed E-state index contributed by atoms with van der Waals surface area (Å²) in [6, 6.07) is 0.747. The number of ether oxygens (including phenoxy) is 1. The monoisotopic (exact) mass is 229 g/mol. The van der Waals surface area contributed by atoms with Crippen LogP contribution in [0.1, 0.15) is 65.7 Å². The Hall–Kier alpha value is -0.0800. The molecule has 0 bridgehead atoms. The zero-order chi connectivity index (χ0) is 12.1. The smallest absolute Gasteiger partial charge is 0.0465 e. The Balaban J connectivity index is 3.36. The molecule has 2 nitrogen and oxygen atoms in total. The topological polar surface area (TPSA) is 21.3 Å². The van der Waals surface area contributed by atoms with E-state index < -0.39 is 0 Å². The first-order valence-corrected chi connectivity index (χ1v) is 7.16. The molecular weight excluding hydrogens is 198 g/mol. The highest BCUT2D eigenvalue weighted by atomic mass is 16.5. The van der Waals surface area contributed by atoms with Gasteiger partial charge in [0.15, 0.2) is 0 Å². The molecule has 0 heterocycles. The predicted octanol–water partition coefficient (Wildman–Crippen LogP) is 3.75. The van der Waals surface area contributed by atoms with Crippen LogP contribution in [0.2, 0.25) is 0 Å². The van der Waals surface area contributed by atoms with Crippen molar-refractivity contribution in [1.29, 1.82) is 0 Å². The molecule has 0 aromatic rings. The minimum atomic E-state index is 0.747. The molecule has 0 saturated heterocycles. The molecule has 0 saturated carbocycles. The molecule has 1 atom stereocenters. The number of unbranched alkanes of at least 4 members (excludes halogenated alkanes) is 2. The van der Waals surface area contributed by atoms with Crippen LogP contribution < -0.4 is 5.32 Å². The van der Waals surface area contributed by atoms with E-state index in [4.69, 9.17) is 4.74 Å². The highest BCUT2D eigenvalue weighted by Gasteiger charge is 2.05. The van der Waals surface area contributed by atoms with Gasteiger partial charge in [-0.05, 0) is 39.2 Å². The van der Waals surface area contributed by atoms with Crippen LogP contribution in [0, 0.1) is 0 Å². The zero-order valence-electron chi connectivity index (χ0n) is 11.6. The largest absolute Gasteiger partial charge is 0.382 e. The Labute approximate surface area is 102 Å². The molecule has 0 amide bonds. The normalized spacial score (nSPS) is 12.9. The molecule has 0 fully saturated rings. The minimum absolute atomic E-state index is 0.747. The van der Waals surface area contributed by atoms with Crippen LogP contribution in [-0.2, 0) is 4.74 Å². The molecule has 0 rings (SSSR count). The summed E-state index contributed by atoms with van der Waals surface area (Å²) in [6.45, 7) is 9.54. The van der Waals surface area contributed by atoms with Gasteiger partial charge >= 0.3 is 0 Å². The van der Waals surface area contributed by atoms with E-state index in [-0.39, 0.29) is 0 Å². The van der Waals surface area contributed by atoms with Crippen molar-refractivity contribution >= 4 is 0 Å². The van der Waals surface area contributed by atoms with Gasteiger partial charge in [0, 0.05) is 19.3 Å². The molecule has 0 aromatic heterocycles. The number of nitrogens with one attached hydrogen (secondary N) is 1. The molecule has 0 aromatic carbocycles. The molecule has 98 valence electrons. The highest BCUT2D eigenvalue weighted by molar-refractivity contribution is 4.65. The summed E-state index contributed by atoms with van der Waals surface area (Å²) >= 11 is 0. The third-order valence-electron chi connectivity index (χ3n) is 2.87. The number of hydrogen-bond acceptors (Lipinski definition) is 2. The Morgan fingerprint density at radius 3 is 2.38 bits per heavy atom. The lowest BCUT2D eigenvalue weighted by Crippen LogP contribution is -2.29. The number of rotatable bonds is 12. The van der Waals surface area contributed by atoms with E-state index in [2.05, 4.69) is 26.1 Å². The zero-order valence-corrected chi connectivity index (χ0v) is 11.6. The van der Waals surface area contributed by atoms with Gasteiger partial charge in [0.1, 0.15) is 0 Å². The highest BCUT2D eigenvalue weighted by Crippen LogP contribution is 2.08. The quantitative estimate of drug-likeness (QED) is 0.515. The maximum Gasteiger partial charge on any atom is 0.0465 e. The third kappa shape index (κ3) is 10.4. The third-order valence-corrected chi connectivity index (χ3v) is 2.87. The fourth-order valence-electron chi connectivity index (χ4n) is 1.96. The first-order valence-electron chi connectivity index (χ1n) is 7.16. The van der Waals surface area contributed by atoms with Crippen molar-refractivity contribution in [2.24, 2.45) is 0 Å². The predicted molar refractivity (Wildman–Crippen MR) is 72.0 cm³/mol. The van der Waals surface area contributed by atoms with Crippen molar-refractivity contribution in [3.05, 3.63) is 0 Å². The summed E-state index contributed by atoms with van der Waals surface area (Å²) in [7, 11) is 0.